The lowest BCUT2D eigenvalue weighted by atomic mass is 10.1. The highest BCUT2D eigenvalue weighted by molar-refractivity contribution is 5.95. The fraction of sp³-hybridized carbons (Fsp3) is 0.0417. The van der Waals surface area contributed by atoms with Gasteiger partial charge in [-0.15, -0.1) is 0 Å². The molecule has 0 aliphatic carbocycles. The van der Waals surface area contributed by atoms with Crippen molar-refractivity contribution in [3.8, 4) is 22.8 Å². The van der Waals surface area contributed by atoms with Crippen LogP contribution in [0.15, 0.2) is 82.4 Å². The summed E-state index contributed by atoms with van der Waals surface area (Å²) in [5.74, 6) is -2.20. The van der Waals surface area contributed by atoms with E-state index in [0.29, 0.717) is 27.9 Å². The second-order valence-corrected chi connectivity index (χ2v) is 7.34. The Labute approximate surface area is 190 Å². The van der Waals surface area contributed by atoms with Crippen LogP contribution in [0, 0.1) is 11.6 Å². The van der Waals surface area contributed by atoms with Crippen molar-refractivity contribution in [1.29, 1.82) is 0 Å². The van der Waals surface area contributed by atoms with E-state index in [9.17, 15) is 18.4 Å². The zero-order valence-corrected chi connectivity index (χ0v) is 17.4. The van der Waals surface area contributed by atoms with Gasteiger partial charge in [0.05, 0.1) is 11.1 Å². The third-order valence-corrected chi connectivity index (χ3v) is 5.12. The maximum atomic E-state index is 13.4. The molecule has 0 unspecified atom stereocenters. The first-order chi connectivity index (χ1) is 16.5. The predicted octanol–water partition coefficient (Wildman–Crippen LogP) is 4.03. The Morgan fingerprint density at radius 3 is 2.59 bits per heavy atom. The second-order valence-electron chi connectivity index (χ2n) is 7.34. The lowest BCUT2D eigenvalue weighted by Crippen LogP contribution is -2.27. The number of hydrogen-bond donors (Lipinski definition) is 1. The Morgan fingerprint density at radius 2 is 1.79 bits per heavy atom. The van der Waals surface area contributed by atoms with Gasteiger partial charge in [-0.3, -0.25) is 19.1 Å². The molecule has 0 radical (unpaired) electrons. The number of hydrogen-bond acceptors (Lipinski definition) is 6. The first kappa shape index (κ1) is 21.1. The van der Waals surface area contributed by atoms with Crippen LogP contribution < -0.4 is 10.9 Å². The standard InChI is InChI=1S/C24H15F2N5O3/c25-18-6-5-15(11-19(18)26)28-21(32)13-31-20-4-2-1-3-16(20)17(12-22(31)33)24-29-23(30-34-24)14-7-9-27-10-8-14/h1-12H,13H2,(H,28,32). The highest BCUT2D eigenvalue weighted by atomic mass is 19.2. The summed E-state index contributed by atoms with van der Waals surface area (Å²) in [6, 6.07) is 14.8. The number of para-hydroxylation sites is 1. The summed E-state index contributed by atoms with van der Waals surface area (Å²) in [4.78, 5) is 33.9. The van der Waals surface area contributed by atoms with Crippen LogP contribution >= 0.6 is 0 Å². The summed E-state index contributed by atoms with van der Waals surface area (Å²) in [7, 11) is 0. The molecular formula is C24H15F2N5O3. The van der Waals surface area contributed by atoms with Gasteiger partial charge >= 0.3 is 0 Å². The van der Waals surface area contributed by atoms with E-state index in [1.54, 1.807) is 48.8 Å². The molecule has 0 aliphatic heterocycles. The van der Waals surface area contributed by atoms with Gasteiger partial charge < -0.3 is 9.84 Å². The first-order valence-corrected chi connectivity index (χ1v) is 10.1. The summed E-state index contributed by atoms with van der Waals surface area (Å²) < 4.78 is 33.3. The molecule has 3 aromatic heterocycles. The van der Waals surface area contributed by atoms with Crippen molar-refractivity contribution >= 4 is 22.5 Å². The highest BCUT2D eigenvalue weighted by Gasteiger charge is 2.18. The second kappa shape index (κ2) is 8.66. The number of benzene rings is 2. The van der Waals surface area contributed by atoms with E-state index in [1.807, 2.05) is 0 Å². The molecule has 1 N–H and O–H groups in total. The smallest absolute Gasteiger partial charge is 0.259 e. The van der Waals surface area contributed by atoms with E-state index >= 15 is 0 Å². The SMILES string of the molecule is O=C(Cn1c(=O)cc(-c2nc(-c3ccncc3)no2)c2ccccc21)Nc1ccc(F)c(F)c1. The number of carbonyl (C=O) groups excluding carboxylic acids is 1. The summed E-state index contributed by atoms with van der Waals surface area (Å²) in [5, 5.41) is 7.07. The Balaban J connectivity index is 1.50. The van der Waals surface area contributed by atoms with Gasteiger partial charge in [-0.05, 0) is 30.3 Å². The number of rotatable bonds is 5. The highest BCUT2D eigenvalue weighted by Crippen LogP contribution is 2.28. The summed E-state index contributed by atoms with van der Waals surface area (Å²) in [5.41, 5.74) is 1.20. The summed E-state index contributed by atoms with van der Waals surface area (Å²) in [6.45, 7) is -0.343. The number of aromatic nitrogens is 4. The maximum absolute atomic E-state index is 13.4. The van der Waals surface area contributed by atoms with Crippen LogP contribution in [0.25, 0.3) is 33.7 Å². The monoisotopic (exact) mass is 459 g/mol. The van der Waals surface area contributed by atoms with Crippen molar-refractivity contribution in [3.63, 3.8) is 0 Å². The van der Waals surface area contributed by atoms with Gasteiger partial charge in [-0.25, -0.2) is 8.78 Å². The molecule has 0 fully saturated rings. The van der Waals surface area contributed by atoms with Gasteiger partial charge in [-0.1, -0.05) is 23.4 Å². The number of pyridine rings is 2. The minimum atomic E-state index is -1.09. The van der Waals surface area contributed by atoms with Crippen LogP contribution in [0.2, 0.25) is 0 Å². The molecule has 10 heteroatoms. The molecule has 2 aromatic carbocycles. The molecule has 1 amide bonds. The quantitative estimate of drug-likeness (QED) is 0.426. The van der Waals surface area contributed by atoms with Crippen molar-refractivity contribution in [3.05, 3.63) is 95.0 Å². The van der Waals surface area contributed by atoms with E-state index in [0.717, 1.165) is 12.1 Å². The van der Waals surface area contributed by atoms with Crippen LogP contribution in [0.5, 0.6) is 0 Å². The van der Waals surface area contributed by atoms with Gasteiger partial charge in [0.2, 0.25) is 11.7 Å². The summed E-state index contributed by atoms with van der Waals surface area (Å²) in [6.07, 6.45) is 3.21. The van der Waals surface area contributed by atoms with Crippen molar-refractivity contribution in [2.24, 2.45) is 0 Å². The zero-order chi connectivity index (χ0) is 23.7. The number of nitrogens with one attached hydrogen (secondary N) is 1. The van der Waals surface area contributed by atoms with E-state index < -0.39 is 23.1 Å². The predicted molar refractivity (Wildman–Crippen MR) is 120 cm³/mol. The average Bonchev–Trinajstić information content (AvgIpc) is 3.34. The van der Waals surface area contributed by atoms with E-state index in [2.05, 4.69) is 20.4 Å². The molecule has 168 valence electrons. The number of halogens is 2. The molecule has 3 heterocycles. The Kier molecular flexibility index (Phi) is 5.38. The molecule has 0 saturated carbocycles. The van der Waals surface area contributed by atoms with Gasteiger partial charge in [0.15, 0.2) is 11.6 Å². The molecule has 0 bridgehead atoms. The minimum absolute atomic E-state index is 0.0763. The molecule has 5 aromatic rings. The molecule has 5 rings (SSSR count). The molecule has 0 saturated heterocycles. The Bertz CT molecular complexity index is 1580. The first-order valence-electron chi connectivity index (χ1n) is 10.1. The van der Waals surface area contributed by atoms with Gasteiger partial charge in [0.25, 0.3) is 11.4 Å². The number of nitrogens with zero attached hydrogens (tertiary/aromatic N) is 4. The lowest BCUT2D eigenvalue weighted by Gasteiger charge is -2.12. The van der Waals surface area contributed by atoms with Gasteiger partial charge in [0, 0.05) is 41.2 Å². The number of anilines is 1. The molecule has 0 spiro atoms. The molecule has 0 aliphatic rings. The largest absolute Gasteiger partial charge is 0.334 e. The fourth-order valence-electron chi connectivity index (χ4n) is 3.54. The Morgan fingerprint density at radius 1 is 1.00 bits per heavy atom. The normalized spacial score (nSPS) is 11.0. The lowest BCUT2D eigenvalue weighted by molar-refractivity contribution is -0.116. The molecule has 8 nitrogen and oxygen atoms in total. The van der Waals surface area contributed by atoms with E-state index in [-0.39, 0.29) is 18.1 Å². The van der Waals surface area contributed by atoms with Crippen LogP contribution in [-0.2, 0) is 11.3 Å². The van der Waals surface area contributed by atoms with Crippen molar-refractivity contribution < 1.29 is 18.1 Å². The van der Waals surface area contributed by atoms with Gasteiger partial charge in [-0.2, -0.15) is 4.98 Å². The minimum Gasteiger partial charge on any atom is -0.334 e. The topological polar surface area (TPSA) is 103 Å². The van der Waals surface area contributed by atoms with Crippen molar-refractivity contribution in [2.45, 2.75) is 6.54 Å². The third kappa shape index (κ3) is 4.04. The molecular weight excluding hydrogens is 444 g/mol. The van der Waals surface area contributed by atoms with Crippen molar-refractivity contribution in [2.75, 3.05) is 5.32 Å². The van der Waals surface area contributed by atoms with E-state index in [1.165, 1.54) is 16.7 Å². The number of amides is 1. The van der Waals surface area contributed by atoms with Crippen LogP contribution in [0.3, 0.4) is 0 Å². The molecule has 0 atom stereocenters. The summed E-state index contributed by atoms with van der Waals surface area (Å²) >= 11 is 0. The third-order valence-electron chi connectivity index (χ3n) is 5.12. The van der Waals surface area contributed by atoms with Crippen molar-refractivity contribution in [1.82, 2.24) is 19.7 Å². The number of carbonyl (C=O) groups is 1. The maximum Gasteiger partial charge on any atom is 0.259 e. The van der Waals surface area contributed by atoms with Crippen LogP contribution in [-0.4, -0.2) is 25.6 Å². The van der Waals surface area contributed by atoms with Gasteiger partial charge in [0.1, 0.15) is 6.54 Å². The Hall–Kier alpha value is -4.73. The zero-order valence-electron chi connectivity index (χ0n) is 17.4. The average molecular weight is 459 g/mol. The fourth-order valence-corrected chi connectivity index (χ4v) is 3.54. The number of fused-ring (bicyclic) bond motifs is 1. The van der Waals surface area contributed by atoms with Crippen LogP contribution in [0.4, 0.5) is 14.5 Å². The molecule has 34 heavy (non-hydrogen) atoms. The van der Waals surface area contributed by atoms with Crippen LogP contribution in [0.1, 0.15) is 0 Å². The van der Waals surface area contributed by atoms with E-state index in [4.69, 9.17) is 4.52 Å².